The van der Waals surface area contributed by atoms with Crippen LogP contribution in [-0.2, 0) is 0 Å². The number of benzene rings is 1. The Morgan fingerprint density at radius 3 is 2.83 bits per heavy atom. The summed E-state index contributed by atoms with van der Waals surface area (Å²) in [6, 6.07) is 5.42. The molecule has 1 saturated heterocycles. The van der Waals surface area contributed by atoms with Gasteiger partial charge in [-0.1, -0.05) is 0 Å². The number of hydrogen-bond donors (Lipinski definition) is 1. The second kappa shape index (κ2) is 8.20. The molecule has 0 radical (unpaired) electrons. The summed E-state index contributed by atoms with van der Waals surface area (Å²) in [5.41, 5.74) is 0.656. The maximum atomic E-state index is 12.8. The first kappa shape index (κ1) is 17.6. The summed E-state index contributed by atoms with van der Waals surface area (Å²) >= 11 is 0. The van der Waals surface area contributed by atoms with Gasteiger partial charge in [-0.2, -0.15) is 0 Å². The zero-order valence-electron chi connectivity index (χ0n) is 14.6. The molecule has 5 heteroatoms. The molecule has 23 heavy (non-hydrogen) atoms. The van der Waals surface area contributed by atoms with Gasteiger partial charge < -0.3 is 19.7 Å². The van der Waals surface area contributed by atoms with E-state index in [0.717, 1.165) is 26.1 Å². The number of likely N-dealkylation sites (tertiary alicyclic amines) is 1. The smallest absolute Gasteiger partial charge is 0.254 e. The largest absolute Gasteiger partial charge is 0.493 e. The Hall–Kier alpha value is -1.75. The topological polar surface area (TPSA) is 50.8 Å². The monoisotopic (exact) mass is 320 g/mol. The number of nitrogens with zero attached hydrogens (tertiary/aromatic N) is 1. The molecule has 128 valence electrons. The molecule has 2 rings (SSSR count). The normalized spacial score (nSPS) is 18.1. The van der Waals surface area contributed by atoms with E-state index in [1.165, 1.54) is 6.42 Å². The van der Waals surface area contributed by atoms with Crippen molar-refractivity contribution in [2.45, 2.75) is 32.8 Å². The Bertz CT molecular complexity index is 529. The van der Waals surface area contributed by atoms with Gasteiger partial charge in [0.25, 0.3) is 5.91 Å². The van der Waals surface area contributed by atoms with Gasteiger partial charge >= 0.3 is 0 Å². The third-order valence-electron chi connectivity index (χ3n) is 4.07. The van der Waals surface area contributed by atoms with Crippen LogP contribution >= 0.6 is 0 Å². The van der Waals surface area contributed by atoms with Gasteiger partial charge in [0.15, 0.2) is 11.5 Å². The summed E-state index contributed by atoms with van der Waals surface area (Å²) in [6.45, 7) is 6.52. The maximum absolute atomic E-state index is 12.8. The van der Waals surface area contributed by atoms with E-state index >= 15 is 0 Å². The fraction of sp³-hybridized carbons (Fsp3) is 0.611. The lowest BCUT2D eigenvalue weighted by atomic mass is 9.97. The fourth-order valence-corrected chi connectivity index (χ4v) is 3.04. The van der Waals surface area contributed by atoms with Crippen molar-refractivity contribution in [2.75, 3.05) is 33.8 Å². The van der Waals surface area contributed by atoms with Gasteiger partial charge in [0.05, 0.1) is 13.2 Å². The second-order valence-corrected chi connectivity index (χ2v) is 6.35. The van der Waals surface area contributed by atoms with Gasteiger partial charge in [0, 0.05) is 18.7 Å². The zero-order valence-corrected chi connectivity index (χ0v) is 14.6. The minimum Gasteiger partial charge on any atom is -0.493 e. The average molecular weight is 320 g/mol. The van der Waals surface area contributed by atoms with Crippen LogP contribution in [0.5, 0.6) is 11.5 Å². The number of hydrogen-bond acceptors (Lipinski definition) is 4. The van der Waals surface area contributed by atoms with Crippen molar-refractivity contribution in [2.24, 2.45) is 5.92 Å². The van der Waals surface area contributed by atoms with E-state index in [0.29, 0.717) is 23.0 Å². The van der Waals surface area contributed by atoms with Gasteiger partial charge in [-0.25, -0.2) is 0 Å². The first-order chi connectivity index (χ1) is 11.0. The summed E-state index contributed by atoms with van der Waals surface area (Å²) in [6.07, 6.45) is 2.30. The van der Waals surface area contributed by atoms with E-state index in [-0.39, 0.29) is 12.0 Å². The SMILES string of the molecule is CNCC1CCCN(C(=O)c2ccc(OC(C)C)c(OC)c2)C1. The van der Waals surface area contributed by atoms with Gasteiger partial charge in [-0.15, -0.1) is 0 Å². The van der Waals surface area contributed by atoms with Crippen molar-refractivity contribution >= 4 is 5.91 Å². The van der Waals surface area contributed by atoms with Crippen LogP contribution in [0.3, 0.4) is 0 Å². The van der Waals surface area contributed by atoms with Crippen LogP contribution in [0, 0.1) is 5.92 Å². The number of amides is 1. The lowest BCUT2D eigenvalue weighted by Gasteiger charge is -2.33. The lowest BCUT2D eigenvalue weighted by molar-refractivity contribution is 0.0674. The van der Waals surface area contributed by atoms with E-state index in [4.69, 9.17) is 9.47 Å². The van der Waals surface area contributed by atoms with E-state index in [9.17, 15) is 4.79 Å². The lowest BCUT2D eigenvalue weighted by Crippen LogP contribution is -2.42. The predicted molar refractivity (Wildman–Crippen MR) is 91.3 cm³/mol. The predicted octanol–water partition coefficient (Wildman–Crippen LogP) is 2.55. The summed E-state index contributed by atoms with van der Waals surface area (Å²) in [7, 11) is 3.56. The van der Waals surface area contributed by atoms with Crippen molar-refractivity contribution in [3.8, 4) is 11.5 Å². The second-order valence-electron chi connectivity index (χ2n) is 6.35. The number of rotatable bonds is 6. The van der Waals surface area contributed by atoms with Crippen LogP contribution in [0.25, 0.3) is 0 Å². The van der Waals surface area contributed by atoms with E-state index < -0.39 is 0 Å². The number of ether oxygens (including phenoxy) is 2. The number of piperidine rings is 1. The summed E-state index contributed by atoms with van der Waals surface area (Å²) in [5.74, 6) is 1.88. The first-order valence-corrected chi connectivity index (χ1v) is 8.33. The van der Waals surface area contributed by atoms with Crippen molar-refractivity contribution in [1.29, 1.82) is 0 Å². The Morgan fingerprint density at radius 2 is 2.17 bits per heavy atom. The van der Waals surface area contributed by atoms with E-state index in [1.54, 1.807) is 13.2 Å². The minimum absolute atomic E-state index is 0.0647. The van der Waals surface area contributed by atoms with Crippen LogP contribution in [0.4, 0.5) is 0 Å². The quantitative estimate of drug-likeness (QED) is 0.875. The molecule has 0 spiro atoms. The average Bonchev–Trinajstić information content (AvgIpc) is 2.54. The fourth-order valence-electron chi connectivity index (χ4n) is 3.04. The van der Waals surface area contributed by atoms with Gasteiger partial charge in [-0.05, 0) is 64.4 Å². The maximum Gasteiger partial charge on any atom is 0.254 e. The molecule has 1 amide bonds. The molecule has 1 aliphatic rings. The molecular formula is C18H28N2O3. The Balaban J connectivity index is 2.12. The van der Waals surface area contributed by atoms with Crippen LogP contribution < -0.4 is 14.8 Å². The molecule has 0 bridgehead atoms. The minimum atomic E-state index is 0.0647. The van der Waals surface area contributed by atoms with Crippen LogP contribution in [0.15, 0.2) is 18.2 Å². The highest BCUT2D eigenvalue weighted by atomic mass is 16.5. The standard InChI is InChI=1S/C18H28N2O3/c1-13(2)23-16-8-7-15(10-17(16)22-4)18(21)20-9-5-6-14(12-20)11-19-3/h7-8,10,13-14,19H,5-6,9,11-12H2,1-4H3. The summed E-state index contributed by atoms with van der Waals surface area (Å²) in [4.78, 5) is 14.7. The summed E-state index contributed by atoms with van der Waals surface area (Å²) < 4.78 is 11.1. The molecule has 1 N–H and O–H groups in total. The van der Waals surface area contributed by atoms with E-state index in [2.05, 4.69) is 5.32 Å². The van der Waals surface area contributed by atoms with Gasteiger partial charge in [-0.3, -0.25) is 4.79 Å². The first-order valence-electron chi connectivity index (χ1n) is 8.33. The van der Waals surface area contributed by atoms with Crippen molar-refractivity contribution in [3.63, 3.8) is 0 Å². The van der Waals surface area contributed by atoms with E-state index in [1.807, 2.05) is 37.9 Å². The number of nitrogens with one attached hydrogen (secondary N) is 1. The Labute approximate surface area is 139 Å². The molecule has 1 atom stereocenters. The zero-order chi connectivity index (χ0) is 16.8. The van der Waals surface area contributed by atoms with Crippen LogP contribution in [-0.4, -0.2) is 50.7 Å². The molecule has 1 aliphatic heterocycles. The van der Waals surface area contributed by atoms with Crippen molar-refractivity contribution < 1.29 is 14.3 Å². The summed E-state index contributed by atoms with van der Waals surface area (Å²) in [5, 5.41) is 3.21. The third kappa shape index (κ3) is 4.61. The molecule has 0 aliphatic carbocycles. The van der Waals surface area contributed by atoms with Crippen LogP contribution in [0.1, 0.15) is 37.0 Å². The molecule has 1 aromatic carbocycles. The van der Waals surface area contributed by atoms with Crippen molar-refractivity contribution in [3.05, 3.63) is 23.8 Å². The van der Waals surface area contributed by atoms with Gasteiger partial charge in [0.1, 0.15) is 0 Å². The molecule has 1 heterocycles. The molecule has 5 nitrogen and oxygen atoms in total. The highest BCUT2D eigenvalue weighted by Crippen LogP contribution is 2.30. The number of methoxy groups -OCH3 is 1. The molecular weight excluding hydrogens is 292 g/mol. The molecule has 0 saturated carbocycles. The number of carbonyl (C=O) groups is 1. The Kier molecular flexibility index (Phi) is 6.28. The molecule has 1 aromatic rings. The molecule has 1 fully saturated rings. The highest BCUT2D eigenvalue weighted by molar-refractivity contribution is 5.95. The van der Waals surface area contributed by atoms with Gasteiger partial charge in [0.2, 0.25) is 0 Å². The molecule has 0 aromatic heterocycles. The Morgan fingerprint density at radius 1 is 1.39 bits per heavy atom. The molecule has 1 unspecified atom stereocenters. The highest BCUT2D eigenvalue weighted by Gasteiger charge is 2.24. The number of carbonyl (C=O) groups excluding carboxylic acids is 1. The van der Waals surface area contributed by atoms with Crippen LogP contribution in [0.2, 0.25) is 0 Å². The van der Waals surface area contributed by atoms with Crippen molar-refractivity contribution in [1.82, 2.24) is 10.2 Å². The third-order valence-corrected chi connectivity index (χ3v) is 4.07.